The molecule has 6 aliphatic carbocycles. The fourth-order valence-corrected chi connectivity index (χ4v) is 36.6. The van der Waals surface area contributed by atoms with Crippen molar-refractivity contribution in [2.24, 2.45) is 0 Å². The second-order valence-electron chi connectivity index (χ2n) is 21.3. The predicted molar refractivity (Wildman–Crippen MR) is 261 cm³/mol. The molecule has 0 amide bonds. The van der Waals surface area contributed by atoms with Gasteiger partial charge in [-0.25, -0.2) is 0 Å². The molecule has 0 spiro atoms. The van der Waals surface area contributed by atoms with Crippen LogP contribution in [0.3, 0.4) is 0 Å². The van der Waals surface area contributed by atoms with Crippen LogP contribution in [0.4, 0.5) is 0 Å². The van der Waals surface area contributed by atoms with E-state index in [9.17, 15) is 0 Å². The number of hydrogen-bond donors (Lipinski definition) is 0. The molecule has 3 heteroatoms. The summed E-state index contributed by atoms with van der Waals surface area (Å²) in [5, 5.41) is 9.23. The van der Waals surface area contributed by atoms with Crippen LogP contribution < -0.4 is 0 Å². The third-order valence-electron chi connectivity index (χ3n) is 18.7. The van der Waals surface area contributed by atoms with Crippen LogP contribution in [0.1, 0.15) is 200 Å². The zero-order valence-corrected chi connectivity index (χ0v) is 40.2. The Labute approximate surface area is 359 Å². The highest BCUT2D eigenvalue weighted by Gasteiger charge is 2.56. The first-order valence-corrected chi connectivity index (χ1v) is 32.5. The lowest BCUT2D eigenvalue weighted by molar-refractivity contribution is 0.456. The maximum Gasteiger partial charge on any atom is 0.124 e. The minimum absolute atomic E-state index is 0.918. The summed E-state index contributed by atoms with van der Waals surface area (Å²) in [6.07, 6.45) is 77.0. The van der Waals surface area contributed by atoms with E-state index in [1.165, 1.54) is 193 Å². The van der Waals surface area contributed by atoms with Gasteiger partial charge in [0.15, 0.2) is 0 Å². The maximum atomic E-state index is 2.90. The smallest absolute Gasteiger partial charge is 0.0895 e. The molecule has 314 valence electrons. The topological polar surface area (TPSA) is 0 Å². The van der Waals surface area contributed by atoms with E-state index in [1.807, 2.05) is 20.8 Å². The quantitative estimate of drug-likeness (QED) is 0.182. The Morgan fingerprint density at radius 2 is 0.603 bits per heavy atom. The molecule has 3 aliphatic heterocycles. The molecule has 6 fully saturated rings. The average Bonchev–Trinajstić information content (AvgIpc) is 4.01. The van der Waals surface area contributed by atoms with Crippen molar-refractivity contribution in [1.29, 1.82) is 0 Å². The van der Waals surface area contributed by atoms with Gasteiger partial charge in [0, 0.05) is 0 Å². The fourth-order valence-electron chi connectivity index (χ4n) is 16.3. The van der Waals surface area contributed by atoms with Gasteiger partial charge in [0.25, 0.3) is 0 Å². The third-order valence-corrected chi connectivity index (χ3v) is 37.3. The van der Waals surface area contributed by atoms with Crippen LogP contribution in [0.15, 0.2) is 105 Å². The Hall–Kier alpha value is -1.69. The van der Waals surface area contributed by atoms with Gasteiger partial charge in [-0.15, -0.1) is 0 Å². The van der Waals surface area contributed by atoms with Crippen LogP contribution >= 0.6 is 0 Å². The van der Waals surface area contributed by atoms with Crippen LogP contribution in [0.2, 0.25) is 33.2 Å². The van der Waals surface area contributed by atoms with Gasteiger partial charge in [-0.3, -0.25) is 0 Å². The molecule has 0 bridgehead atoms. The average molecular weight is 828 g/mol. The Balaban J connectivity index is 1.10. The van der Waals surface area contributed by atoms with Gasteiger partial charge >= 0.3 is 0 Å². The predicted octanol–water partition coefficient (Wildman–Crippen LogP) is 17.5. The molecule has 9 rings (SSSR count). The first kappa shape index (κ1) is 41.7. The number of hydrogen-bond acceptors (Lipinski definition) is 0. The van der Waals surface area contributed by atoms with E-state index in [0.29, 0.717) is 0 Å². The Bertz CT molecular complexity index is 1630. The standard InChI is InChI=1S/C55H82Si3/c1-2-22-48-38-39-54(57(48,49-27-13-5-14-28-49)50-29-15-6-16-30-50)41-43-55-42-40-53(58(55,51-31-17-7-18-32-51)52-33-19-8-20-34-52)37-36-47-35-21-44-56(47,45-23-9-3-10-24-45)46-25-11-4-12-26-46/h2,21-22,35-46,49-52H,3-20,23-34H2,1H3/b22-2+,37-36+,43-41+. The molecule has 0 aromatic carbocycles. The second-order valence-corrected chi connectivity index (χ2v) is 34.8. The molecule has 6 saturated carbocycles. The zero-order chi connectivity index (χ0) is 39.3. The summed E-state index contributed by atoms with van der Waals surface area (Å²) in [6, 6.07) is 0. The highest BCUT2D eigenvalue weighted by molar-refractivity contribution is 6.98. The fraction of sp³-hybridized carbons (Fsp3) is 0.673. The van der Waals surface area contributed by atoms with Gasteiger partial charge in [0.2, 0.25) is 0 Å². The van der Waals surface area contributed by atoms with Crippen molar-refractivity contribution < 1.29 is 0 Å². The summed E-state index contributed by atoms with van der Waals surface area (Å²) in [5.41, 5.74) is 8.56. The van der Waals surface area contributed by atoms with Crippen molar-refractivity contribution in [3.63, 3.8) is 0 Å². The van der Waals surface area contributed by atoms with Crippen LogP contribution in [-0.2, 0) is 0 Å². The number of allylic oxidation sites excluding steroid dienone is 17. The van der Waals surface area contributed by atoms with Crippen molar-refractivity contribution >= 4 is 24.2 Å². The van der Waals surface area contributed by atoms with Crippen LogP contribution in [0.25, 0.3) is 0 Å². The second kappa shape index (κ2) is 19.1. The highest BCUT2D eigenvalue weighted by Crippen LogP contribution is 2.60. The zero-order valence-electron chi connectivity index (χ0n) is 37.2. The van der Waals surface area contributed by atoms with Crippen molar-refractivity contribution in [1.82, 2.24) is 0 Å². The van der Waals surface area contributed by atoms with E-state index >= 15 is 0 Å². The summed E-state index contributed by atoms with van der Waals surface area (Å²) in [6.45, 7) is 2.29. The molecular formula is C55H82Si3. The van der Waals surface area contributed by atoms with Gasteiger partial charge in [-0.05, 0) is 40.2 Å². The van der Waals surface area contributed by atoms with Gasteiger partial charge in [0.1, 0.15) is 24.2 Å². The number of rotatable bonds is 11. The summed E-state index contributed by atoms with van der Waals surface area (Å²) < 4.78 is 0. The van der Waals surface area contributed by atoms with Crippen molar-refractivity contribution in [2.75, 3.05) is 0 Å². The van der Waals surface area contributed by atoms with Crippen molar-refractivity contribution in [3.8, 4) is 0 Å². The molecule has 0 unspecified atom stereocenters. The first-order valence-electron chi connectivity index (χ1n) is 26.0. The van der Waals surface area contributed by atoms with E-state index in [1.54, 1.807) is 5.20 Å². The molecule has 3 heterocycles. The Morgan fingerprint density at radius 3 is 0.914 bits per heavy atom. The van der Waals surface area contributed by atoms with Gasteiger partial charge in [-0.2, -0.15) is 0 Å². The van der Waals surface area contributed by atoms with E-state index in [-0.39, 0.29) is 0 Å². The van der Waals surface area contributed by atoms with Crippen molar-refractivity contribution in [3.05, 3.63) is 105 Å². The van der Waals surface area contributed by atoms with Crippen LogP contribution in [0.5, 0.6) is 0 Å². The molecule has 0 nitrogen and oxygen atoms in total. The van der Waals surface area contributed by atoms with E-state index in [0.717, 1.165) is 33.2 Å². The molecule has 0 N–H and O–H groups in total. The monoisotopic (exact) mass is 827 g/mol. The van der Waals surface area contributed by atoms with Gasteiger partial charge in [0.05, 0.1) is 0 Å². The molecule has 9 aliphatic rings. The minimum Gasteiger partial charge on any atom is -0.0895 e. The van der Waals surface area contributed by atoms with E-state index in [2.05, 4.69) is 85.5 Å². The normalized spacial score (nSPS) is 29.7. The van der Waals surface area contributed by atoms with E-state index < -0.39 is 24.2 Å². The lowest BCUT2D eigenvalue weighted by Crippen LogP contribution is -2.49. The lowest BCUT2D eigenvalue weighted by Gasteiger charge is -2.49. The Morgan fingerprint density at radius 1 is 0.328 bits per heavy atom. The summed E-state index contributed by atoms with van der Waals surface area (Å²) >= 11 is 0. The molecular weight excluding hydrogens is 745 g/mol. The van der Waals surface area contributed by atoms with Crippen LogP contribution in [-0.4, -0.2) is 24.2 Å². The van der Waals surface area contributed by atoms with Gasteiger partial charge in [-0.1, -0.05) is 297 Å². The minimum atomic E-state index is -2.04. The highest BCUT2D eigenvalue weighted by atomic mass is 28.3. The molecule has 58 heavy (non-hydrogen) atoms. The molecule has 0 atom stereocenters. The largest absolute Gasteiger partial charge is 0.124 e. The lowest BCUT2D eigenvalue weighted by atomic mass is 9.99. The van der Waals surface area contributed by atoms with Crippen molar-refractivity contribution in [2.45, 2.75) is 233 Å². The Kier molecular flexibility index (Phi) is 13.7. The third kappa shape index (κ3) is 7.62. The van der Waals surface area contributed by atoms with Crippen LogP contribution in [0, 0.1) is 0 Å². The molecule has 0 aromatic heterocycles. The first-order chi connectivity index (χ1) is 28.7. The molecule has 0 saturated heterocycles. The molecule has 0 aromatic rings. The van der Waals surface area contributed by atoms with E-state index in [4.69, 9.17) is 0 Å². The summed E-state index contributed by atoms with van der Waals surface area (Å²) in [5.74, 6) is 0. The summed E-state index contributed by atoms with van der Waals surface area (Å²) in [4.78, 5) is 0. The maximum absolute atomic E-state index is 2.90. The van der Waals surface area contributed by atoms with Gasteiger partial charge < -0.3 is 0 Å². The molecule has 0 radical (unpaired) electrons. The summed E-state index contributed by atoms with van der Waals surface area (Å²) in [7, 11) is -5.69. The SMILES string of the molecule is C/C=C/C1=CC=C(/C=C/C2=CC=C(/C=C/C3=CC=C[Si]3(C3CCCCC3)C3CCCCC3)[Si]2(C2CCCCC2)C2CCCCC2)[Si]1(C1CCCCC1)C1CCCCC1.